The standard InChI is InChI=1S/C17H24F4N2.2ClH/c1-2-3-4-8-15(23-11-9-22-10-12-23)13-6-5-7-14(16(13)18)17(19,20)21;;/h5-7,15,22H,2-4,8-12H2,1H3;2*1H/t15-;;/m1../s1. The second-order valence-electron chi connectivity index (χ2n) is 6.00. The van der Waals surface area contributed by atoms with Gasteiger partial charge in [0.25, 0.3) is 0 Å². The van der Waals surface area contributed by atoms with Crippen molar-refractivity contribution >= 4 is 24.8 Å². The van der Waals surface area contributed by atoms with E-state index in [0.717, 1.165) is 51.5 Å². The maximum Gasteiger partial charge on any atom is 0.419 e. The zero-order valence-electron chi connectivity index (χ0n) is 14.2. The third-order valence-corrected chi connectivity index (χ3v) is 4.37. The Labute approximate surface area is 159 Å². The highest BCUT2D eigenvalue weighted by molar-refractivity contribution is 5.85. The number of hydrogen-bond acceptors (Lipinski definition) is 2. The lowest BCUT2D eigenvalue weighted by molar-refractivity contribution is -0.140. The van der Waals surface area contributed by atoms with Crippen molar-refractivity contribution in [2.45, 2.75) is 44.8 Å². The van der Waals surface area contributed by atoms with Crippen LogP contribution in [0.2, 0.25) is 0 Å². The number of rotatable bonds is 6. The van der Waals surface area contributed by atoms with Gasteiger partial charge in [0.2, 0.25) is 0 Å². The number of unbranched alkanes of at least 4 members (excludes halogenated alkanes) is 2. The lowest BCUT2D eigenvalue weighted by Crippen LogP contribution is -2.45. The summed E-state index contributed by atoms with van der Waals surface area (Å²) in [7, 11) is 0. The molecule has 0 aromatic heterocycles. The second-order valence-corrected chi connectivity index (χ2v) is 6.00. The largest absolute Gasteiger partial charge is 0.419 e. The topological polar surface area (TPSA) is 15.3 Å². The zero-order chi connectivity index (χ0) is 16.9. The molecule has 0 amide bonds. The molecule has 0 aliphatic carbocycles. The molecule has 8 heteroatoms. The fourth-order valence-corrected chi connectivity index (χ4v) is 3.14. The van der Waals surface area contributed by atoms with Gasteiger partial charge in [0.05, 0.1) is 5.56 Å². The smallest absolute Gasteiger partial charge is 0.314 e. The zero-order valence-corrected chi connectivity index (χ0v) is 15.9. The number of nitrogens with zero attached hydrogens (tertiary/aromatic N) is 1. The Balaban J connectivity index is 0.00000288. The van der Waals surface area contributed by atoms with E-state index < -0.39 is 17.6 Å². The molecule has 1 fully saturated rings. The molecule has 1 aromatic rings. The van der Waals surface area contributed by atoms with E-state index in [4.69, 9.17) is 0 Å². The molecular weight excluding hydrogens is 379 g/mol. The summed E-state index contributed by atoms with van der Waals surface area (Å²) >= 11 is 0. The summed E-state index contributed by atoms with van der Waals surface area (Å²) in [5.74, 6) is -1.11. The molecule has 1 aliphatic heterocycles. The Kier molecular flexibility index (Phi) is 11.0. The van der Waals surface area contributed by atoms with E-state index in [2.05, 4.69) is 17.1 Å². The van der Waals surface area contributed by atoms with Crippen molar-refractivity contribution in [1.29, 1.82) is 0 Å². The van der Waals surface area contributed by atoms with Crippen molar-refractivity contribution in [1.82, 2.24) is 10.2 Å². The van der Waals surface area contributed by atoms with Crippen LogP contribution in [0.25, 0.3) is 0 Å². The second kappa shape index (κ2) is 11.2. The minimum Gasteiger partial charge on any atom is -0.314 e. The first-order chi connectivity index (χ1) is 10.9. The van der Waals surface area contributed by atoms with Crippen molar-refractivity contribution in [2.75, 3.05) is 26.2 Å². The molecule has 0 unspecified atom stereocenters. The highest BCUT2D eigenvalue weighted by atomic mass is 35.5. The Hall–Kier alpha value is -0.560. The molecule has 1 saturated heterocycles. The van der Waals surface area contributed by atoms with Gasteiger partial charge in [-0.25, -0.2) is 4.39 Å². The van der Waals surface area contributed by atoms with Crippen LogP contribution < -0.4 is 5.32 Å². The van der Waals surface area contributed by atoms with Crippen LogP contribution in [-0.2, 0) is 6.18 Å². The third kappa shape index (κ3) is 6.59. The molecule has 146 valence electrons. The molecule has 1 atom stereocenters. The third-order valence-electron chi connectivity index (χ3n) is 4.37. The number of nitrogens with one attached hydrogen (secondary N) is 1. The van der Waals surface area contributed by atoms with Crippen LogP contribution in [0, 0.1) is 5.82 Å². The fourth-order valence-electron chi connectivity index (χ4n) is 3.14. The van der Waals surface area contributed by atoms with Crippen molar-refractivity contribution in [2.24, 2.45) is 0 Å². The van der Waals surface area contributed by atoms with Crippen molar-refractivity contribution in [3.8, 4) is 0 Å². The molecule has 2 rings (SSSR count). The Morgan fingerprint density at radius 3 is 2.32 bits per heavy atom. The number of hydrogen-bond donors (Lipinski definition) is 1. The van der Waals surface area contributed by atoms with Gasteiger partial charge in [0.15, 0.2) is 0 Å². The van der Waals surface area contributed by atoms with E-state index in [1.165, 1.54) is 12.1 Å². The van der Waals surface area contributed by atoms with Crippen molar-refractivity contribution < 1.29 is 17.6 Å². The number of halogens is 6. The van der Waals surface area contributed by atoms with Gasteiger partial charge in [-0.1, -0.05) is 38.3 Å². The van der Waals surface area contributed by atoms with Gasteiger partial charge in [-0.2, -0.15) is 13.2 Å². The van der Waals surface area contributed by atoms with E-state index in [9.17, 15) is 17.6 Å². The van der Waals surface area contributed by atoms with E-state index in [0.29, 0.717) is 6.42 Å². The maximum absolute atomic E-state index is 14.5. The van der Waals surface area contributed by atoms with Gasteiger partial charge < -0.3 is 5.32 Å². The van der Waals surface area contributed by atoms with Gasteiger partial charge in [-0.3, -0.25) is 4.90 Å². The molecule has 0 bridgehead atoms. The van der Waals surface area contributed by atoms with Gasteiger partial charge in [0.1, 0.15) is 5.82 Å². The van der Waals surface area contributed by atoms with Crippen LogP contribution in [0.5, 0.6) is 0 Å². The first kappa shape index (κ1) is 24.4. The molecule has 25 heavy (non-hydrogen) atoms. The summed E-state index contributed by atoms with van der Waals surface area (Å²) in [5, 5.41) is 3.22. The summed E-state index contributed by atoms with van der Waals surface area (Å²) in [6.07, 6.45) is -1.05. The molecule has 1 heterocycles. The van der Waals surface area contributed by atoms with Gasteiger partial charge >= 0.3 is 6.18 Å². The van der Waals surface area contributed by atoms with Crippen LogP contribution in [0.3, 0.4) is 0 Å². The predicted octanol–water partition coefficient (Wildman–Crippen LogP) is 5.21. The fraction of sp³-hybridized carbons (Fsp3) is 0.647. The lowest BCUT2D eigenvalue weighted by Gasteiger charge is -2.35. The van der Waals surface area contributed by atoms with E-state index in [-0.39, 0.29) is 36.4 Å². The maximum atomic E-state index is 14.5. The van der Waals surface area contributed by atoms with Crippen LogP contribution in [0.4, 0.5) is 17.6 Å². The minimum absolute atomic E-state index is 0. The quantitative estimate of drug-likeness (QED) is 0.516. The number of alkyl halides is 3. The Morgan fingerprint density at radius 2 is 1.76 bits per heavy atom. The summed E-state index contributed by atoms with van der Waals surface area (Å²) in [4.78, 5) is 2.10. The first-order valence-corrected chi connectivity index (χ1v) is 8.25. The van der Waals surface area contributed by atoms with Crippen LogP contribution >= 0.6 is 24.8 Å². The molecule has 0 saturated carbocycles. The number of benzene rings is 1. The van der Waals surface area contributed by atoms with Gasteiger partial charge in [-0.15, -0.1) is 24.8 Å². The molecule has 0 radical (unpaired) electrons. The van der Waals surface area contributed by atoms with Gasteiger partial charge in [0, 0.05) is 37.8 Å². The molecule has 1 N–H and O–H groups in total. The predicted molar refractivity (Wildman–Crippen MR) is 97.2 cm³/mol. The van der Waals surface area contributed by atoms with Crippen LogP contribution in [-0.4, -0.2) is 31.1 Å². The summed E-state index contributed by atoms with van der Waals surface area (Å²) in [6, 6.07) is 3.35. The molecule has 0 spiro atoms. The molecule has 1 aliphatic rings. The Morgan fingerprint density at radius 1 is 1.12 bits per heavy atom. The van der Waals surface area contributed by atoms with Crippen molar-refractivity contribution in [3.63, 3.8) is 0 Å². The average molecular weight is 405 g/mol. The summed E-state index contributed by atoms with van der Waals surface area (Å²) in [5.41, 5.74) is -0.983. The highest BCUT2D eigenvalue weighted by Crippen LogP contribution is 2.36. The van der Waals surface area contributed by atoms with Gasteiger partial charge in [-0.05, 0) is 12.5 Å². The van der Waals surface area contributed by atoms with Crippen molar-refractivity contribution in [3.05, 3.63) is 35.1 Å². The number of piperazine rings is 1. The minimum atomic E-state index is -4.66. The average Bonchev–Trinajstić information content (AvgIpc) is 2.52. The van der Waals surface area contributed by atoms with Crippen LogP contribution in [0.15, 0.2) is 18.2 Å². The van der Waals surface area contributed by atoms with E-state index >= 15 is 0 Å². The van der Waals surface area contributed by atoms with Crippen LogP contribution in [0.1, 0.15) is 49.8 Å². The first-order valence-electron chi connectivity index (χ1n) is 8.25. The molecular formula is C17H26Cl2F4N2. The molecule has 2 nitrogen and oxygen atoms in total. The lowest BCUT2D eigenvalue weighted by atomic mass is 9.95. The summed E-state index contributed by atoms with van der Waals surface area (Å²) < 4.78 is 53.5. The van der Waals surface area contributed by atoms with E-state index in [1.807, 2.05) is 0 Å². The highest BCUT2D eigenvalue weighted by Gasteiger charge is 2.36. The van der Waals surface area contributed by atoms with E-state index in [1.54, 1.807) is 0 Å². The Bertz CT molecular complexity index is 506. The summed E-state index contributed by atoms with van der Waals surface area (Å²) in [6.45, 7) is 5.10. The monoisotopic (exact) mass is 404 g/mol. The SMILES string of the molecule is CCCCC[C@H](c1cccc(C(F)(F)F)c1F)N1CCNCC1.Cl.Cl. The normalized spacial score (nSPS) is 16.7. The molecule has 1 aromatic carbocycles.